The van der Waals surface area contributed by atoms with Crippen molar-refractivity contribution >= 4 is 17.1 Å². The molecule has 0 spiro atoms. The van der Waals surface area contributed by atoms with Gasteiger partial charge in [-0.3, -0.25) is 0 Å². The second-order valence-corrected chi connectivity index (χ2v) is 17.8. The summed E-state index contributed by atoms with van der Waals surface area (Å²) in [7, 11) is 0.378. The quantitative estimate of drug-likeness (QED) is 0.0490. The van der Waals surface area contributed by atoms with E-state index in [0.717, 1.165) is 28.2 Å². The molecule has 0 N–H and O–H groups in total. The van der Waals surface area contributed by atoms with Gasteiger partial charge in [0.25, 0.3) is 17.1 Å². The Balaban J connectivity index is 1.61. The predicted octanol–water partition coefficient (Wildman–Crippen LogP) is 10.0. The molecule has 0 amide bonds. The van der Waals surface area contributed by atoms with Crippen LogP contribution in [0.1, 0.15) is 85.4 Å². The maximum atomic E-state index is 9.13. The Morgan fingerprint density at radius 3 is 1.60 bits per heavy atom. The summed E-state index contributed by atoms with van der Waals surface area (Å²) in [5.41, 5.74) is 1.84. The van der Waals surface area contributed by atoms with Crippen molar-refractivity contribution in [3.63, 3.8) is 0 Å². The molecule has 3 aromatic rings. The molecule has 1 saturated heterocycles. The Labute approximate surface area is 344 Å². The maximum absolute atomic E-state index is 9.13. The van der Waals surface area contributed by atoms with Crippen molar-refractivity contribution in [1.29, 1.82) is 5.26 Å². The Kier molecular flexibility index (Phi) is 19.1. The summed E-state index contributed by atoms with van der Waals surface area (Å²) < 4.78 is 55.5. The summed E-state index contributed by atoms with van der Waals surface area (Å²) in [6.07, 6.45) is 1.37. The van der Waals surface area contributed by atoms with Crippen LogP contribution in [0, 0.1) is 17.8 Å². The molecule has 4 rings (SSSR count). The van der Waals surface area contributed by atoms with Crippen molar-refractivity contribution in [2.45, 2.75) is 117 Å². The fourth-order valence-corrected chi connectivity index (χ4v) is 10.4. The summed E-state index contributed by atoms with van der Waals surface area (Å²) in [5, 5.41) is 9.13. The Hall–Kier alpha value is -2.71. The molecule has 313 valence electrons. The Morgan fingerprint density at radius 2 is 1.12 bits per heavy atom. The number of nitriles is 1. The minimum absolute atomic E-state index is 0.145. The molecule has 1 heterocycles. The van der Waals surface area contributed by atoms with Crippen LogP contribution in [0.5, 0.6) is 11.5 Å². The van der Waals surface area contributed by atoms with E-state index in [9.17, 15) is 0 Å². The van der Waals surface area contributed by atoms with Crippen molar-refractivity contribution < 1.29 is 37.0 Å². The molecule has 13 heteroatoms. The molecule has 57 heavy (non-hydrogen) atoms. The van der Waals surface area contributed by atoms with Crippen LogP contribution in [0.4, 0.5) is 0 Å². The predicted molar refractivity (Wildman–Crippen MR) is 228 cm³/mol. The largest absolute Gasteiger partial charge is 0.497 e. The normalized spacial score (nSPS) is 18.6. The van der Waals surface area contributed by atoms with Crippen molar-refractivity contribution in [3.05, 3.63) is 102 Å². The fraction of sp³-hybridized carbons (Fsp3) is 0.545. The smallest absolute Gasteiger partial charge is 0.259 e. The molecule has 0 aliphatic carbocycles. The lowest BCUT2D eigenvalue weighted by atomic mass is 9.80. The van der Waals surface area contributed by atoms with Gasteiger partial charge < -0.3 is 37.0 Å². The molecular weight excluding hydrogens is 760 g/mol. The van der Waals surface area contributed by atoms with E-state index >= 15 is 0 Å². The molecule has 1 radical (unpaired) electrons. The van der Waals surface area contributed by atoms with Gasteiger partial charge in [-0.2, -0.15) is 5.26 Å². The van der Waals surface area contributed by atoms with E-state index in [1.807, 2.05) is 49.4 Å². The zero-order chi connectivity index (χ0) is 41.5. The van der Waals surface area contributed by atoms with Gasteiger partial charge in [-0.25, -0.2) is 9.34 Å². The van der Waals surface area contributed by atoms with E-state index in [-0.39, 0.29) is 36.9 Å². The summed E-state index contributed by atoms with van der Waals surface area (Å²) >= 11 is 0. The SMILES string of the molecule is COc1ccc(C(OC[C@H]2O[C@@H](C)[CH]C2OP(OCCOP(OCCC#N)N(C(C)C)C(C)C)N(C(C)C)C(C)C)(c2ccccc2)c2ccc(OC)cc2)cc1. The molecule has 0 aromatic heterocycles. The van der Waals surface area contributed by atoms with Gasteiger partial charge in [-0.05, 0) is 103 Å². The van der Waals surface area contributed by atoms with Gasteiger partial charge in [-0.1, -0.05) is 54.6 Å². The minimum Gasteiger partial charge on any atom is -0.497 e. The topological polar surface area (TPSA) is 104 Å². The molecule has 3 aromatic carbocycles. The molecule has 5 atom stereocenters. The molecule has 1 fully saturated rings. The second-order valence-electron chi connectivity index (χ2n) is 15.0. The van der Waals surface area contributed by atoms with E-state index in [4.69, 9.17) is 42.3 Å². The van der Waals surface area contributed by atoms with Crippen LogP contribution >= 0.6 is 17.1 Å². The zero-order valence-electron chi connectivity index (χ0n) is 35.7. The van der Waals surface area contributed by atoms with Crippen LogP contribution in [-0.4, -0.2) is 92.5 Å². The average molecular weight is 825 g/mol. The number of benzene rings is 3. The highest BCUT2D eigenvalue weighted by atomic mass is 31.2. The van der Waals surface area contributed by atoms with Gasteiger partial charge in [0.05, 0.1) is 65.3 Å². The maximum Gasteiger partial charge on any atom is 0.259 e. The van der Waals surface area contributed by atoms with Crippen LogP contribution in [0.15, 0.2) is 78.9 Å². The van der Waals surface area contributed by atoms with E-state index in [2.05, 4.69) is 114 Å². The van der Waals surface area contributed by atoms with E-state index in [1.165, 1.54) is 0 Å². The number of methoxy groups -OCH3 is 2. The molecule has 3 unspecified atom stereocenters. The van der Waals surface area contributed by atoms with E-state index in [0.29, 0.717) is 26.2 Å². The van der Waals surface area contributed by atoms with Gasteiger partial charge in [0, 0.05) is 30.6 Å². The second kappa shape index (κ2) is 23.2. The number of hydrogen-bond donors (Lipinski definition) is 0. The number of ether oxygens (including phenoxy) is 4. The van der Waals surface area contributed by atoms with E-state index in [1.54, 1.807) is 14.2 Å². The van der Waals surface area contributed by atoms with Crippen molar-refractivity contribution in [1.82, 2.24) is 9.34 Å². The summed E-state index contributed by atoms with van der Waals surface area (Å²) in [5.74, 6) is 1.51. The molecular formula is C44H64N3O8P2. The van der Waals surface area contributed by atoms with Crippen LogP contribution in [-0.2, 0) is 33.2 Å². The third kappa shape index (κ3) is 12.6. The third-order valence-electron chi connectivity index (χ3n) is 9.46. The third-order valence-corrected chi connectivity index (χ3v) is 13.7. The first-order valence-electron chi connectivity index (χ1n) is 19.9. The van der Waals surface area contributed by atoms with Gasteiger partial charge >= 0.3 is 0 Å². The standard InChI is InChI=1S/C44H64N3O8P2/c1-32(2)46(33(3)4)56(51-27-15-26-45)52-28-29-53-57(47(34(5)6)35(7)8)55-42-30-36(9)54-43(42)31-50-44(37-16-13-12-14-17-37,38-18-22-40(48-10)23-19-38)39-20-24-41(49-11)25-21-39/h12-14,16-25,30,32-36,42-43H,15,27-29,31H2,1-11H3/t36-,42?,43+,56?,57?/m0/s1. The Morgan fingerprint density at radius 1 is 0.667 bits per heavy atom. The van der Waals surface area contributed by atoms with Crippen LogP contribution in [0.25, 0.3) is 0 Å². The lowest BCUT2D eigenvalue weighted by molar-refractivity contribution is -0.0778. The molecule has 0 bridgehead atoms. The minimum atomic E-state index is -1.56. The first-order chi connectivity index (χ1) is 27.4. The Bertz CT molecular complexity index is 1560. The number of hydrogen-bond acceptors (Lipinski definition) is 11. The molecule has 11 nitrogen and oxygen atoms in total. The molecule has 0 saturated carbocycles. The van der Waals surface area contributed by atoms with Gasteiger partial charge in [0.15, 0.2) is 0 Å². The highest BCUT2D eigenvalue weighted by molar-refractivity contribution is 7.45. The molecule has 1 aliphatic heterocycles. The van der Waals surface area contributed by atoms with Gasteiger partial charge in [0.2, 0.25) is 0 Å². The first kappa shape index (κ1) is 47.0. The van der Waals surface area contributed by atoms with Crippen LogP contribution in [0.2, 0.25) is 0 Å². The van der Waals surface area contributed by atoms with E-state index < -0.39 is 34.9 Å². The zero-order valence-corrected chi connectivity index (χ0v) is 37.5. The summed E-state index contributed by atoms with van der Waals surface area (Å²) in [6.45, 7) is 20.3. The van der Waals surface area contributed by atoms with Crippen LogP contribution < -0.4 is 9.47 Å². The van der Waals surface area contributed by atoms with Gasteiger partial charge in [0.1, 0.15) is 23.2 Å². The van der Waals surface area contributed by atoms with Gasteiger partial charge in [-0.15, -0.1) is 0 Å². The summed E-state index contributed by atoms with van der Waals surface area (Å²) in [4.78, 5) is 0. The number of rotatable bonds is 24. The first-order valence-corrected chi connectivity index (χ1v) is 22.2. The van der Waals surface area contributed by atoms with Crippen LogP contribution in [0.3, 0.4) is 0 Å². The van der Waals surface area contributed by atoms with Crippen molar-refractivity contribution in [2.24, 2.45) is 0 Å². The monoisotopic (exact) mass is 824 g/mol. The fourth-order valence-electron chi connectivity index (χ4n) is 7.08. The number of nitrogens with zero attached hydrogens (tertiary/aromatic N) is 3. The highest BCUT2D eigenvalue weighted by Gasteiger charge is 2.44. The average Bonchev–Trinajstić information content (AvgIpc) is 3.54. The van der Waals surface area contributed by atoms with Crippen molar-refractivity contribution in [3.8, 4) is 17.6 Å². The highest BCUT2D eigenvalue weighted by Crippen LogP contribution is 2.51. The summed E-state index contributed by atoms with van der Waals surface area (Å²) in [6, 6.07) is 29.1. The van der Waals surface area contributed by atoms with Crippen molar-refractivity contribution in [2.75, 3.05) is 40.6 Å². The molecule has 1 aliphatic rings. The lowest BCUT2D eigenvalue weighted by Crippen LogP contribution is -2.40. The lowest BCUT2D eigenvalue weighted by Gasteiger charge is -2.39.